The summed E-state index contributed by atoms with van der Waals surface area (Å²) in [5.74, 6) is 0. The predicted molar refractivity (Wildman–Crippen MR) is 80.7 cm³/mol. The van der Waals surface area contributed by atoms with Crippen LogP contribution in [0.2, 0.25) is 0 Å². The SMILES string of the molecule is CC(C)(C)OC(=O)N1CCCC1CCC(O)C(C)(C)C. The second kappa shape index (κ2) is 6.33. The van der Waals surface area contributed by atoms with Crippen LogP contribution in [0.1, 0.15) is 67.2 Å². The van der Waals surface area contributed by atoms with Crippen LogP contribution in [-0.4, -0.2) is 40.4 Å². The molecule has 0 aromatic heterocycles. The van der Waals surface area contributed by atoms with E-state index in [2.05, 4.69) is 0 Å². The lowest BCUT2D eigenvalue weighted by Gasteiger charge is -2.31. The summed E-state index contributed by atoms with van der Waals surface area (Å²) in [4.78, 5) is 14.0. The molecule has 118 valence electrons. The molecule has 1 aliphatic heterocycles. The molecule has 0 aromatic rings. The first-order valence-corrected chi connectivity index (χ1v) is 7.68. The Kier molecular flexibility index (Phi) is 5.47. The average Bonchev–Trinajstić information content (AvgIpc) is 2.70. The van der Waals surface area contributed by atoms with Crippen molar-refractivity contribution in [3.8, 4) is 0 Å². The number of carbonyl (C=O) groups excluding carboxylic acids is 1. The Morgan fingerprint density at radius 1 is 1.30 bits per heavy atom. The molecule has 1 N–H and O–H groups in total. The fourth-order valence-electron chi connectivity index (χ4n) is 2.48. The van der Waals surface area contributed by atoms with E-state index in [0.717, 1.165) is 32.2 Å². The summed E-state index contributed by atoms with van der Waals surface area (Å²) in [6.07, 6.45) is 3.06. The van der Waals surface area contributed by atoms with Crippen LogP contribution in [-0.2, 0) is 4.74 Å². The van der Waals surface area contributed by atoms with E-state index in [9.17, 15) is 9.90 Å². The summed E-state index contributed by atoms with van der Waals surface area (Å²) in [5.41, 5.74) is -0.551. The number of ether oxygens (including phenoxy) is 1. The molecule has 4 nitrogen and oxygen atoms in total. The summed E-state index contributed by atoms with van der Waals surface area (Å²) < 4.78 is 5.45. The van der Waals surface area contributed by atoms with Gasteiger partial charge >= 0.3 is 6.09 Å². The third kappa shape index (κ3) is 5.31. The van der Waals surface area contributed by atoms with Crippen LogP contribution in [0.25, 0.3) is 0 Å². The minimum absolute atomic E-state index is 0.102. The molecule has 0 spiro atoms. The van der Waals surface area contributed by atoms with Gasteiger partial charge in [-0.05, 0) is 51.9 Å². The molecule has 1 rings (SSSR count). The van der Waals surface area contributed by atoms with E-state index >= 15 is 0 Å². The van der Waals surface area contributed by atoms with Crippen molar-refractivity contribution in [2.45, 2.75) is 85.0 Å². The Labute approximate surface area is 123 Å². The molecule has 4 heteroatoms. The number of carbonyl (C=O) groups is 1. The Hall–Kier alpha value is -0.770. The molecule has 0 saturated carbocycles. The van der Waals surface area contributed by atoms with Gasteiger partial charge in [0.1, 0.15) is 5.60 Å². The number of nitrogens with zero attached hydrogens (tertiary/aromatic N) is 1. The summed E-state index contributed by atoms with van der Waals surface area (Å²) in [5, 5.41) is 10.1. The van der Waals surface area contributed by atoms with E-state index < -0.39 is 5.60 Å². The Bertz CT molecular complexity index is 328. The third-order valence-electron chi connectivity index (χ3n) is 3.78. The Morgan fingerprint density at radius 2 is 1.90 bits per heavy atom. The van der Waals surface area contributed by atoms with Crippen molar-refractivity contribution in [2.24, 2.45) is 5.41 Å². The van der Waals surface area contributed by atoms with Gasteiger partial charge in [-0.3, -0.25) is 0 Å². The lowest BCUT2D eigenvalue weighted by atomic mass is 9.85. The van der Waals surface area contributed by atoms with E-state index in [1.807, 2.05) is 46.4 Å². The maximum absolute atomic E-state index is 12.2. The zero-order chi connectivity index (χ0) is 15.6. The molecule has 0 radical (unpaired) electrons. The second-order valence-corrected chi connectivity index (χ2v) is 7.93. The molecule has 0 aliphatic carbocycles. The molecule has 1 fully saturated rings. The van der Waals surface area contributed by atoms with Gasteiger partial charge in [-0.2, -0.15) is 0 Å². The maximum Gasteiger partial charge on any atom is 0.410 e. The smallest absolute Gasteiger partial charge is 0.410 e. The van der Waals surface area contributed by atoms with Crippen molar-refractivity contribution in [3.05, 3.63) is 0 Å². The molecule has 1 heterocycles. The number of likely N-dealkylation sites (tertiary alicyclic amines) is 1. The molecular formula is C16H31NO3. The van der Waals surface area contributed by atoms with Gasteiger partial charge in [0, 0.05) is 12.6 Å². The lowest BCUT2D eigenvalue weighted by molar-refractivity contribution is 0.0168. The molecule has 1 amide bonds. The van der Waals surface area contributed by atoms with Gasteiger partial charge in [0.2, 0.25) is 0 Å². The zero-order valence-electron chi connectivity index (χ0n) is 13.9. The summed E-state index contributed by atoms with van der Waals surface area (Å²) >= 11 is 0. The zero-order valence-corrected chi connectivity index (χ0v) is 13.9. The molecule has 20 heavy (non-hydrogen) atoms. The van der Waals surface area contributed by atoms with Crippen LogP contribution in [0.3, 0.4) is 0 Å². The molecular weight excluding hydrogens is 254 g/mol. The number of hydrogen-bond donors (Lipinski definition) is 1. The monoisotopic (exact) mass is 285 g/mol. The first-order chi connectivity index (χ1) is 9.00. The van der Waals surface area contributed by atoms with E-state index in [0.29, 0.717) is 0 Å². The molecule has 1 aliphatic rings. The predicted octanol–water partition coefficient (Wildman–Crippen LogP) is 3.57. The molecule has 2 unspecified atom stereocenters. The normalized spacial score (nSPS) is 21.9. The van der Waals surface area contributed by atoms with Crippen molar-refractivity contribution in [1.82, 2.24) is 4.90 Å². The molecule has 1 saturated heterocycles. The van der Waals surface area contributed by atoms with Gasteiger partial charge in [-0.1, -0.05) is 20.8 Å². The Balaban J connectivity index is 2.51. The standard InChI is InChI=1S/C16H31NO3/c1-15(2,3)13(18)10-9-12-8-7-11-17(12)14(19)20-16(4,5)6/h12-13,18H,7-11H2,1-6H3. The van der Waals surface area contributed by atoms with Crippen molar-refractivity contribution in [3.63, 3.8) is 0 Å². The number of rotatable bonds is 3. The maximum atomic E-state index is 12.2. The highest BCUT2D eigenvalue weighted by Crippen LogP contribution is 2.28. The second-order valence-electron chi connectivity index (χ2n) is 7.93. The van der Waals surface area contributed by atoms with Crippen LogP contribution < -0.4 is 0 Å². The fourth-order valence-corrected chi connectivity index (χ4v) is 2.48. The molecule has 0 bridgehead atoms. The van der Waals surface area contributed by atoms with Crippen molar-refractivity contribution < 1.29 is 14.6 Å². The minimum atomic E-state index is -0.449. The first-order valence-electron chi connectivity index (χ1n) is 7.68. The number of hydrogen-bond acceptors (Lipinski definition) is 3. The first kappa shape index (κ1) is 17.3. The van der Waals surface area contributed by atoms with Crippen LogP contribution >= 0.6 is 0 Å². The van der Waals surface area contributed by atoms with Gasteiger partial charge in [0.15, 0.2) is 0 Å². The highest BCUT2D eigenvalue weighted by molar-refractivity contribution is 5.68. The van der Waals surface area contributed by atoms with Gasteiger partial charge < -0.3 is 14.7 Å². The quantitative estimate of drug-likeness (QED) is 0.862. The third-order valence-corrected chi connectivity index (χ3v) is 3.78. The topological polar surface area (TPSA) is 49.8 Å². The van der Waals surface area contributed by atoms with E-state index in [1.54, 1.807) is 0 Å². The average molecular weight is 285 g/mol. The summed E-state index contributed by atoms with van der Waals surface area (Å²) in [6, 6.07) is 0.210. The minimum Gasteiger partial charge on any atom is -0.444 e. The van der Waals surface area contributed by atoms with E-state index in [4.69, 9.17) is 4.74 Å². The highest BCUT2D eigenvalue weighted by Gasteiger charge is 2.33. The van der Waals surface area contributed by atoms with Crippen LogP contribution in [0.4, 0.5) is 4.79 Å². The molecule has 2 atom stereocenters. The number of aliphatic hydroxyl groups excluding tert-OH is 1. The summed E-state index contributed by atoms with van der Waals surface area (Å²) in [7, 11) is 0. The summed E-state index contributed by atoms with van der Waals surface area (Å²) in [6.45, 7) is 12.6. The van der Waals surface area contributed by atoms with Crippen molar-refractivity contribution in [2.75, 3.05) is 6.54 Å². The van der Waals surface area contributed by atoms with Gasteiger partial charge in [-0.15, -0.1) is 0 Å². The van der Waals surface area contributed by atoms with Crippen molar-refractivity contribution >= 4 is 6.09 Å². The number of amides is 1. The number of aliphatic hydroxyl groups is 1. The fraction of sp³-hybridized carbons (Fsp3) is 0.938. The highest BCUT2D eigenvalue weighted by atomic mass is 16.6. The van der Waals surface area contributed by atoms with Crippen LogP contribution in [0.5, 0.6) is 0 Å². The van der Waals surface area contributed by atoms with Gasteiger partial charge in [0.05, 0.1) is 6.10 Å². The lowest BCUT2D eigenvalue weighted by Crippen LogP contribution is -2.40. The largest absolute Gasteiger partial charge is 0.444 e. The van der Waals surface area contributed by atoms with Crippen LogP contribution in [0.15, 0.2) is 0 Å². The van der Waals surface area contributed by atoms with Crippen molar-refractivity contribution in [1.29, 1.82) is 0 Å². The Morgan fingerprint density at radius 3 is 2.40 bits per heavy atom. The van der Waals surface area contributed by atoms with Gasteiger partial charge in [0.25, 0.3) is 0 Å². The van der Waals surface area contributed by atoms with E-state index in [-0.39, 0.29) is 23.7 Å². The van der Waals surface area contributed by atoms with Crippen LogP contribution in [0, 0.1) is 5.41 Å². The van der Waals surface area contributed by atoms with Gasteiger partial charge in [-0.25, -0.2) is 4.79 Å². The van der Waals surface area contributed by atoms with E-state index in [1.165, 1.54) is 0 Å². The molecule has 0 aromatic carbocycles.